The second kappa shape index (κ2) is 7.61. The zero-order chi connectivity index (χ0) is 21.5. The fourth-order valence-corrected chi connectivity index (χ4v) is 5.34. The molecule has 0 fully saturated rings. The maximum absolute atomic E-state index is 13.6. The van der Waals surface area contributed by atoms with E-state index in [9.17, 15) is 13.2 Å². The monoisotopic (exact) mass is 420 g/mol. The Balaban J connectivity index is 1.88. The number of aryl methyl sites for hydroxylation is 3. The van der Waals surface area contributed by atoms with Crippen molar-refractivity contribution < 1.29 is 13.2 Å². The molecule has 154 valence electrons. The lowest BCUT2D eigenvalue weighted by Gasteiger charge is -2.36. The smallest absolute Gasteiger partial charge is 0.287 e. The summed E-state index contributed by atoms with van der Waals surface area (Å²) in [5.74, 6) is 0. The minimum atomic E-state index is -4.01. The summed E-state index contributed by atoms with van der Waals surface area (Å²) in [6.07, 6.45) is 0.749. The average molecular weight is 421 g/mol. The second-order valence-corrected chi connectivity index (χ2v) is 9.31. The number of carbonyl (C=O) groups is 1. The fourth-order valence-electron chi connectivity index (χ4n) is 3.76. The van der Waals surface area contributed by atoms with E-state index in [4.69, 9.17) is 0 Å². The minimum Gasteiger partial charge on any atom is -0.287 e. The highest BCUT2D eigenvalue weighted by atomic mass is 32.2. The summed E-state index contributed by atoms with van der Waals surface area (Å²) in [6, 6.07) is 19.3. The SMILES string of the molecule is CCc1cccc(N2C(=O)N(Cc3cc(C)ccc3C)c3ccccc3S2(=O)=O)c1. The predicted octanol–water partition coefficient (Wildman–Crippen LogP) is 5.20. The Morgan fingerprint density at radius 1 is 0.900 bits per heavy atom. The van der Waals surface area contributed by atoms with Gasteiger partial charge in [0.1, 0.15) is 4.90 Å². The van der Waals surface area contributed by atoms with Gasteiger partial charge >= 0.3 is 6.03 Å². The Bertz CT molecular complexity index is 1230. The molecule has 0 unspecified atom stereocenters. The molecule has 1 aliphatic rings. The van der Waals surface area contributed by atoms with Gasteiger partial charge in [0.15, 0.2) is 0 Å². The number of amides is 2. The van der Waals surface area contributed by atoms with Crippen LogP contribution in [0.25, 0.3) is 0 Å². The third-order valence-electron chi connectivity index (χ3n) is 5.47. The van der Waals surface area contributed by atoms with E-state index in [1.165, 1.54) is 0 Å². The first kappa shape index (κ1) is 20.2. The van der Waals surface area contributed by atoms with Crippen LogP contribution >= 0.6 is 0 Å². The second-order valence-electron chi connectivity index (χ2n) is 7.56. The quantitative estimate of drug-likeness (QED) is 0.583. The van der Waals surface area contributed by atoms with Crippen molar-refractivity contribution in [3.63, 3.8) is 0 Å². The number of para-hydroxylation sites is 1. The normalized spacial score (nSPS) is 15.2. The number of sulfonamides is 1. The van der Waals surface area contributed by atoms with Gasteiger partial charge in [0.05, 0.1) is 17.9 Å². The van der Waals surface area contributed by atoms with Gasteiger partial charge in [-0.3, -0.25) is 4.90 Å². The molecule has 0 atom stereocenters. The molecule has 0 saturated heterocycles. The third kappa shape index (κ3) is 3.37. The Hall–Kier alpha value is -3.12. The summed E-state index contributed by atoms with van der Waals surface area (Å²) in [4.78, 5) is 15.3. The van der Waals surface area contributed by atoms with Gasteiger partial charge in [0.2, 0.25) is 0 Å². The zero-order valence-corrected chi connectivity index (χ0v) is 18.1. The van der Waals surface area contributed by atoms with E-state index in [-0.39, 0.29) is 4.90 Å². The van der Waals surface area contributed by atoms with Crippen LogP contribution in [0.4, 0.5) is 16.2 Å². The Morgan fingerprint density at radius 2 is 1.67 bits per heavy atom. The van der Waals surface area contributed by atoms with Gasteiger partial charge in [-0.2, -0.15) is 4.31 Å². The van der Waals surface area contributed by atoms with Crippen LogP contribution in [0.15, 0.2) is 71.6 Å². The Morgan fingerprint density at radius 3 is 2.43 bits per heavy atom. The number of hydrogen-bond donors (Lipinski definition) is 0. The van der Waals surface area contributed by atoms with Gasteiger partial charge in [-0.25, -0.2) is 13.2 Å². The summed E-state index contributed by atoms with van der Waals surface area (Å²) >= 11 is 0. The van der Waals surface area contributed by atoms with Gasteiger partial charge in [0.25, 0.3) is 10.0 Å². The number of carbonyl (C=O) groups excluding carboxylic acids is 1. The molecule has 1 heterocycles. The largest absolute Gasteiger partial charge is 0.343 e. The van der Waals surface area contributed by atoms with E-state index in [2.05, 4.69) is 0 Å². The predicted molar refractivity (Wildman–Crippen MR) is 119 cm³/mol. The number of anilines is 2. The average Bonchev–Trinajstić information content (AvgIpc) is 2.73. The van der Waals surface area contributed by atoms with Crippen LogP contribution in [0.1, 0.15) is 29.2 Å². The van der Waals surface area contributed by atoms with Crippen LogP contribution in [0, 0.1) is 13.8 Å². The Labute approximate surface area is 177 Å². The lowest BCUT2D eigenvalue weighted by molar-refractivity contribution is 0.253. The number of nitrogens with zero attached hydrogens (tertiary/aromatic N) is 2. The molecular formula is C24H24N2O3S. The molecule has 5 nitrogen and oxygen atoms in total. The highest BCUT2D eigenvalue weighted by Gasteiger charge is 2.42. The molecule has 4 rings (SSSR count). The van der Waals surface area contributed by atoms with Crippen molar-refractivity contribution in [1.82, 2.24) is 0 Å². The van der Waals surface area contributed by atoms with Crippen molar-refractivity contribution in [2.75, 3.05) is 9.21 Å². The summed E-state index contributed by atoms with van der Waals surface area (Å²) in [5.41, 5.74) is 4.87. The van der Waals surface area contributed by atoms with Crippen molar-refractivity contribution in [3.05, 3.63) is 89.0 Å². The molecule has 0 bridgehead atoms. The van der Waals surface area contributed by atoms with Gasteiger partial charge < -0.3 is 0 Å². The summed E-state index contributed by atoms with van der Waals surface area (Å²) in [6.45, 7) is 6.28. The van der Waals surface area contributed by atoms with Crippen LogP contribution in [-0.2, 0) is 23.0 Å². The van der Waals surface area contributed by atoms with Crippen LogP contribution in [0.5, 0.6) is 0 Å². The fraction of sp³-hybridized carbons (Fsp3) is 0.208. The first-order valence-corrected chi connectivity index (χ1v) is 11.4. The zero-order valence-electron chi connectivity index (χ0n) is 17.3. The molecule has 0 N–H and O–H groups in total. The maximum atomic E-state index is 13.6. The summed E-state index contributed by atoms with van der Waals surface area (Å²) < 4.78 is 27.8. The molecule has 30 heavy (non-hydrogen) atoms. The summed E-state index contributed by atoms with van der Waals surface area (Å²) in [7, 11) is -4.01. The number of urea groups is 1. The van der Waals surface area contributed by atoms with E-state index in [1.54, 1.807) is 47.4 Å². The molecular weight excluding hydrogens is 396 g/mol. The van der Waals surface area contributed by atoms with Gasteiger partial charge in [-0.1, -0.05) is 55.0 Å². The van der Waals surface area contributed by atoms with E-state index in [0.29, 0.717) is 17.9 Å². The maximum Gasteiger partial charge on any atom is 0.343 e. The van der Waals surface area contributed by atoms with E-state index < -0.39 is 16.1 Å². The Kier molecular flexibility index (Phi) is 5.12. The molecule has 3 aromatic rings. The lowest BCUT2D eigenvalue weighted by atomic mass is 10.0. The molecule has 2 amide bonds. The number of fused-ring (bicyclic) bond motifs is 1. The van der Waals surface area contributed by atoms with Crippen LogP contribution in [0.3, 0.4) is 0 Å². The van der Waals surface area contributed by atoms with Crippen molar-refractivity contribution in [1.29, 1.82) is 0 Å². The van der Waals surface area contributed by atoms with Crippen molar-refractivity contribution in [2.24, 2.45) is 0 Å². The lowest BCUT2D eigenvalue weighted by Crippen LogP contribution is -2.50. The number of hydrogen-bond acceptors (Lipinski definition) is 3. The molecule has 0 spiro atoms. The van der Waals surface area contributed by atoms with Crippen LogP contribution in [-0.4, -0.2) is 14.4 Å². The standard InChI is InChI=1S/C24H24N2O3S/c1-4-19-8-7-9-21(15-19)26-24(27)25(16-20-14-17(2)12-13-18(20)3)22-10-5-6-11-23(22)30(26,28)29/h5-15H,4,16H2,1-3H3. The number of benzene rings is 3. The topological polar surface area (TPSA) is 57.7 Å². The minimum absolute atomic E-state index is 0.136. The van der Waals surface area contributed by atoms with Crippen LogP contribution < -0.4 is 9.21 Å². The van der Waals surface area contributed by atoms with E-state index >= 15 is 0 Å². The highest BCUT2D eigenvalue weighted by molar-refractivity contribution is 7.94. The van der Waals surface area contributed by atoms with Crippen molar-refractivity contribution >= 4 is 27.4 Å². The number of rotatable bonds is 4. The highest BCUT2D eigenvalue weighted by Crippen LogP contribution is 2.38. The van der Waals surface area contributed by atoms with Gasteiger partial charge in [-0.15, -0.1) is 0 Å². The molecule has 0 aliphatic carbocycles. The molecule has 0 saturated carbocycles. The first-order chi connectivity index (χ1) is 14.3. The van der Waals surface area contributed by atoms with E-state index in [0.717, 1.165) is 33.0 Å². The first-order valence-electron chi connectivity index (χ1n) is 9.94. The third-order valence-corrected chi connectivity index (χ3v) is 7.21. The summed E-state index contributed by atoms with van der Waals surface area (Å²) in [5, 5.41) is 0. The van der Waals surface area contributed by atoms with E-state index in [1.807, 2.05) is 45.0 Å². The molecule has 0 radical (unpaired) electrons. The van der Waals surface area contributed by atoms with Gasteiger partial charge in [0, 0.05) is 0 Å². The van der Waals surface area contributed by atoms with Crippen LogP contribution in [0.2, 0.25) is 0 Å². The van der Waals surface area contributed by atoms with Crippen molar-refractivity contribution in [3.8, 4) is 0 Å². The molecule has 0 aromatic heterocycles. The van der Waals surface area contributed by atoms with Crippen molar-refractivity contribution in [2.45, 2.75) is 38.6 Å². The van der Waals surface area contributed by atoms with Gasteiger partial charge in [-0.05, 0) is 61.2 Å². The molecule has 6 heteroatoms. The molecule has 3 aromatic carbocycles. The molecule has 1 aliphatic heterocycles.